The molecule has 184 valence electrons. The third-order valence-corrected chi connectivity index (χ3v) is 6.65. The van der Waals surface area contributed by atoms with Gasteiger partial charge in [0.1, 0.15) is 12.4 Å². The van der Waals surface area contributed by atoms with E-state index in [1.165, 1.54) is 45.2 Å². The molecule has 0 amide bonds. The van der Waals surface area contributed by atoms with E-state index in [2.05, 4.69) is 25.2 Å². The second-order valence-electron chi connectivity index (χ2n) is 9.15. The van der Waals surface area contributed by atoms with Crippen LogP contribution in [0, 0.1) is 0 Å². The monoisotopic (exact) mass is 475 g/mol. The van der Waals surface area contributed by atoms with Crippen LogP contribution in [0.5, 0.6) is 5.75 Å². The zero-order chi connectivity index (χ0) is 24.0. The molecule has 0 bridgehead atoms. The normalized spacial score (nSPS) is 16.4. The van der Waals surface area contributed by atoms with E-state index in [0.29, 0.717) is 12.2 Å². The van der Waals surface area contributed by atoms with Gasteiger partial charge in [0.15, 0.2) is 0 Å². The number of nitrogens with zero attached hydrogens (tertiary/aromatic N) is 5. The summed E-state index contributed by atoms with van der Waals surface area (Å²) < 4.78 is 6.98. The predicted octanol–water partition coefficient (Wildman–Crippen LogP) is 3.76. The zero-order valence-corrected chi connectivity index (χ0v) is 20.0. The minimum Gasteiger partial charge on any atom is -0.492 e. The van der Waals surface area contributed by atoms with Crippen molar-refractivity contribution in [3.05, 3.63) is 54.1 Å². The second kappa shape index (κ2) is 10.8. The van der Waals surface area contributed by atoms with E-state index in [1.807, 2.05) is 48.5 Å². The number of nitrogens with one attached hydrogen (secondary N) is 1. The highest BCUT2D eigenvalue weighted by molar-refractivity contribution is 5.97. The number of aromatic nitrogens is 3. The van der Waals surface area contributed by atoms with E-state index in [0.717, 1.165) is 41.4 Å². The smallest absolute Gasteiger partial charge is 0.281 e. The standard InChI is InChI=1S/C26H33N7O2/c27-25-29-26(28-21-8-12-23(13-9-21)35-19-18-31-14-4-5-15-31)30-33(25)24(34)20-6-10-22(11-7-20)32-16-2-1-3-17-32/h6-13H,1-5,14-19H2,(H3,27,28,29,30). The van der Waals surface area contributed by atoms with Crippen LogP contribution < -0.4 is 20.7 Å². The Morgan fingerprint density at radius 2 is 1.60 bits per heavy atom. The largest absolute Gasteiger partial charge is 0.492 e. The predicted molar refractivity (Wildman–Crippen MR) is 138 cm³/mol. The van der Waals surface area contributed by atoms with Crippen LogP contribution in [0.25, 0.3) is 0 Å². The summed E-state index contributed by atoms with van der Waals surface area (Å²) in [6.07, 6.45) is 6.27. The zero-order valence-electron chi connectivity index (χ0n) is 20.0. The minimum atomic E-state index is -0.310. The highest BCUT2D eigenvalue weighted by Gasteiger charge is 2.17. The fourth-order valence-corrected chi connectivity index (χ4v) is 4.68. The van der Waals surface area contributed by atoms with Gasteiger partial charge >= 0.3 is 0 Å². The first kappa shape index (κ1) is 23.2. The van der Waals surface area contributed by atoms with E-state index in [-0.39, 0.29) is 17.8 Å². The number of likely N-dealkylation sites (tertiary alicyclic amines) is 1. The molecule has 0 unspecified atom stereocenters. The first-order valence-electron chi connectivity index (χ1n) is 12.5. The SMILES string of the molecule is Nc1nc(Nc2ccc(OCCN3CCCC3)cc2)nn1C(=O)c1ccc(N2CCCCC2)cc1. The van der Waals surface area contributed by atoms with Crippen molar-refractivity contribution >= 4 is 29.2 Å². The summed E-state index contributed by atoms with van der Waals surface area (Å²) in [5, 5.41) is 7.39. The molecule has 2 fully saturated rings. The molecule has 0 aliphatic carbocycles. The molecule has 2 aliphatic rings. The number of hydrogen-bond donors (Lipinski definition) is 2. The summed E-state index contributed by atoms with van der Waals surface area (Å²) in [7, 11) is 0. The molecule has 35 heavy (non-hydrogen) atoms. The van der Waals surface area contributed by atoms with Gasteiger partial charge in [0, 0.05) is 36.6 Å². The molecule has 0 spiro atoms. The van der Waals surface area contributed by atoms with Crippen molar-refractivity contribution in [2.24, 2.45) is 0 Å². The molecule has 5 rings (SSSR count). The van der Waals surface area contributed by atoms with Gasteiger partial charge in [0.25, 0.3) is 5.91 Å². The Kier molecular flexibility index (Phi) is 7.13. The number of carbonyl (C=O) groups is 1. The van der Waals surface area contributed by atoms with Gasteiger partial charge in [0.05, 0.1) is 0 Å². The van der Waals surface area contributed by atoms with Crippen LogP contribution in [0.1, 0.15) is 42.5 Å². The molecule has 0 radical (unpaired) electrons. The molecule has 3 aromatic rings. The minimum absolute atomic E-state index is 0.0412. The van der Waals surface area contributed by atoms with Gasteiger partial charge in [-0.1, -0.05) is 0 Å². The fraction of sp³-hybridized carbons (Fsp3) is 0.423. The van der Waals surface area contributed by atoms with Crippen LogP contribution in [-0.4, -0.2) is 64.9 Å². The van der Waals surface area contributed by atoms with E-state index in [4.69, 9.17) is 10.5 Å². The maximum atomic E-state index is 13.0. The summed E-state index contributed by atoms with van der Waals surface area (Å²) in [5.74, 6) is 0.814. The van der Waals surface area contributed by atoms with Crippen molar-refractivity contribution < 1.29 is 9.53 Å². The molecule has 0 atom stereocenters. The average Bonchev–Trinajstić information content (AvgIpc) is 3.55. The van der Waals surface area contributed by atoms with Crippen LogP contribution in [0.4, 0.5) is 23.3 Å². The Bertz CT molecular complexity index is 1120. The van der Waals surface area contributed by atoms with Crippen molar-refractivity contribution in [1.29, 1.82) is 0 Å². The van der Waals surface area contributed by atoms with Gasteiger partial charge in [-0.05, 0) is 93.7 Å². The quantitative estimate of drug-likeness (QED) is 0.508. The summed E-state index contributed by atoms with van der Waals surface area (Å²) >= 11 is 0. The lowest BCUT2D eigenvalue weighted by atomic mass is 10.1. The number of benzene rings is 2. The number of piperidine rings is 1. The van der Waals surface area contributed by atoms with Crippen molar-refractivity contribution in [1.82, 2.24) is 19.7 Å². The summed E-state index contributed by atoms with van der Waals surface area (Å²) in [4.78, 5) is 22.0. The number of anilines is 4. The fourth-order valence-electron chi connectivity index (χ4n) is 4.68. The molecular weight excluding hydrogens is 442 g/mol. The van der Waals surface area contributed by atoms with Gasteiger partial charge in [-0.2, -0.15) is 9.67 Å². The number of hydrogen-bond acceptors (Lipinski definition) is 8. The molecule has 9 nitrogen and oxygen atoms in total. The first-order chi connectivity index (χ1) is 17.2. The Balaban J connectivity index is 1.17. The van der Waals surface area contributed by atoms with Crippen LogP contribution in [0.3, 0.4) is 0 Å². The molecule has 1 aromatic heterocycles. The Morgan fingerprint density at radius 3 is 2.31 bits per heavy atom. The molecule has 2 saturated heterocycles. The molecule has 2 aromatic carbocycles. The van der Waals surface area contributed by atoms with Crippen molar-refractivity contribution in [2.75, 3.05) is 55.3 Å². The highest BCUT2D eigenvalue weighted by atomic mass is 16.5. The van der Waals surface area contributed by atoms with E-state index < -0.39 is 0 Å². The molecule has 0 saturated carbocycles. The second-order valence-corrected chi connectivity index (χ2v) is 9.15. The van der Waals surface area contributed by atoms with Crippen LogP contribution >= 0.6 is 0 Å². The lowest BCUT2D eigenvalue weighted by Crippen LogP contribution is -2.29. The van der Waals surface area contributed by atoms with Crippen LogP contribution in [0.15, 0.2) is 48.5 Å². The van der Waals surface area contributed by atoms with E-state index >= 15 is 0 Å². The topological polar surface area (TPSA) is 102 Å². The van der Waals surface area contributed by atoms with E-state index in [9.17, 15) is 4.79 Å². The third kappa shape index (κ3) is 5.74. The Hall–Kier alpha value is -3.59. The Labute approximate surface area is 205 Å². The summed E-state index contributed by atoms with van der Waals surface area (Å²) in [6, 6.07) is 15.2. The van der Waals surface area contributed by atoms with Crippen molar-refractivity contribution in [3.8, 4) is 5.75 Å². The van der Waals surface area contributed by atoms with Crippen molar-refractivity contribution in [3.63, 3.8) is 0 Å². The Morgan fingerprint density at radius 1 is 0.914 bits per heavy atom. The molecule has 3 N–H and O–H groups in total. The van der Waals surface area contributed by atoms with Gasteiger partial charge in [0.2, 0.25) is 11.9 Å². The van der Waals surface area contributed by atoms with Gasteiger partial charge in [-0.25, -0.2) is 0 Å². The average molecular weight is 476 g/mol. The van der Waals surface area contributed by atoms with Crippen LogP contribution in [0.2, 0.25) is 0 Å². The van der Waals surface area contributed by atoms with E-state index in [1.54, 1.807) is 0 Å². The first-order valence-corrected chi connectivity index (χ1v) is 12.5. The molecular formula is C26H33N7O2. The van der Waals surface area contributed by atoms with Gasteiger partial charge in [-0.3, -0.25) is 9.69 Å². The van der Waals surface area contributed by atoms with Gasteiger partial charge in [-0.15, -0.1) is 5.10 Å². The lowest BCUT2D eigenvalue weighted by Gasteiger charge is -2.28. The number of ether oxygens (including phenoxy) is 1. The van der Waals surface area contributed by atoms with Crippen LogP contribution in [-0.2, 0) is 0 Å². The third-order valence-electron chi connectivity index (χ3n) is 6.65. The molecule has 2 aliphatic heterocycles. The van der Waals surface area contributed by atoms with Crippen molar-refractivity contribution in [2.45, 2.75) is 32.1 Å². The maximum Gasteiger partial charge on any atom is 0.281 e. The molecule has 3 heterocycles. The lowest BCUT2D eigenvalue weighted by molar-refractivity contribution is 0.0948. The number of carbonyl (C=O) groups excluding carboxylic acids is 1. The number of rotatable bonds is 8. The summed E-state index contributed by atoms with van der Waals surface area (Å²) in [6.45, 7) is 6.09. The maximum absolute atomic E-state index is 13.0. The summed E-state index contributed by atoms with van der Waals surface area (Å²) in [5.41, 5.74) is 8.45. The highest BCUT2D eigenvalue weighted by Crippen LogP contribution is 2.22. The molecule has 9 heteroatoms. The number of nitrogen functional groups attached to an aromatic ring is 1. The number of nitrogens with two attached hydrogens (primary N) is 1. The van der Waals surface area contributed by atoms with Gasteiger partial charge < -0.3 is 20.7 Å².